The second-order valence-corrected chi connectivity index (χ2v) is 10.7. The zero-order valence-corrected chi connectivity index (χ0v) is 20.3. The van der Waals surface area contributed by atoms with E-state index >= 15 is 0 Å². The second kappa shape index (κ2) is 10.7. The van der Waals surface area contributed by atoms with Crippen LogP contribution >= 0.6 is 15.9 Å². The Morgan fingerprint density at radius 1 is 1.19 bits per heavy atom. The first-order chi connectivity index (χ1) is 14.8. The Kier molecular flexibility index (Phi) is 8.27. The molecule has 1 unspecified atom stereocenters. The average molecular weight is 509 g/mol. The van der Waals surface area contributed by atoms with Gasteiger partial charge >= 0.3 is 0 Å². The van der Waals surface area contributed by atoms with Crippen LogP contribution in [0.2, 0.25) is 0 Å². The Hall–Kier alpha value is -1.74. The lowest BCUT2D eigenvalue weighted by molar-refractivity contribution is -0.122. The van der Waals surface area contributed by atoms with Crippen LogP contribution in [0.4, 0.5) is 0 Å². The van der Waals surface area contributed by atoms with Gasteiger partial charge in [0, 0.05) is 30.6 Å². The molecule has 0 fully saturated rings. The summed E-state index contributed by atoms with van der Waals surface area (Å²) in [6, 6.07) is 13.8. The van der Waals surface area contributed by atoms with E-state index in [2.05, 4.69) is 21.2 Å². The van der Waals surface area contributed by atoms with Gasteiger partial charge in [-0.15, -0.1) is 0 Å². The molecule has 0 bridgehead atoms. The van der Waals surface area contributed by atoms with E-state index in [4.69, 9.17) is 4.74 Å². The minimum absolute atomic E-state index is 0.0812. The first-order valence-electron chi connectivity index (χ1n) is 10.5. The molecular weight excluding hydrogens is 480 g/mol. The molecule has 3 rings (SSSR count). The Morgan fingerprint density at radius 3 is 2.61 bits per heavy atom. The van der Waals surface area contributed by atoms with Gasteiger partial charge in [0.15, 0.2) is 0 Å². The zero-order valence-electron chi connectivity index (χ0n) is 17.9. The lowest BCUT2D eigenvalue weighted by Gasteiger charge is -2.36. The van der Waals surface area contributed by atoms with Crippen molar-refractivity contribution >= 4 is 31.9 Å². The van der Waals surface area contributed by atoms with Gasteiger partial charge in [-0.05, 0) is 62.1 Å². The smallest absolute Gasteiger partial charge is 0.243 e. The fraction of sp³-hybridized carbons (Fsp3) is 0.435. The van der Waals surface area contributed by atoms with E-state index < -0.39 is 16.1 Å². The number of ether oxygens (including phenoxy) is 1. The average Bonchev–Trinajstić information content (AvgIpc) is 2.73. The number of benzene rings is 2. The van der Waals surface area contributed by atoms with Gasteiger partial charge in [0.05, 0.1) is 17.0 Å². The highest BCUT2D eigenvalue weighted by Gasteiger charge is 2.37. The Morgan fingerprint density at radius 2 is 1.90 bits per heavy atom. The molecule has 0 radical (unpaired) electrons. The summed E-state index contributed by atoms with van der Waals surface area (Å²) < 4.78 is 34.6. The molecule has 2 aromatic rings. The lowest BCUT2D eigenvalue weighted by Crippen LogP contribution is -2.42. The molecule has 8 heteroatoms. The van der Waals surface area contributed by atoms with Crippen molar-refractivity contribution in [2.45, 2.75) is 50.2 Å². The standard InChI is InChI=1S/C23H29BrN2O4S/c1-17(2)30-15-5-13-25-23(27)16-22-21-7-4-3-6-18(21)12-14-26(22)31(28,29)20-10-8-19(24)9-11-20/h3-4,6-11,17,22H,5,12-16H2,1-2H3,(H,25,27). The van der Waals surface area contributed by atoms with Crippen LogP contribution in [0.15, 0.2) is 57.9 Å². The van der Waals surface area contributed by atoms with E-state index in [9.17, 15) is 13.2 Å². The molecule has 0 saturated carbocycles. The van der Waals surface area contributed by atoms with Crippen molar-refractivity contribution < 1.29 is 17.9 Å². The number of fused-ring (bicyclic) bond motifs is 1. The van der Waals surface area contributed by atoms with Gasteiger partial charge in [0.2, 0.25) is 15.9 Å². The zero-order chi connectivity index (χ0) is 22.4. The first kappa shape index (κ1) is 23.9. The van der Waals surface area contributed by atoms with Gasteiger partial charge in [0.1, 0.15) is 0 Å². The fourth-order valence-electron chi connectivity index (χ4n) is 3.74. The summed E-state index contributed by atoms with van der Waals surface area (Å²) in [6.45, 7) is 5.36. The molecule has 1 N–H and O–H groups in total. The van der Waals surface area contributed by atoms with Crippen molar-refractivity contribution in [3.63, 3.8) is 0 Å². The van der Waals surface area contributed by atoms with Crippen molar-refractivity contribution in [2.75, 3.05) is 19.7 Å². The maximum Gasteiger partial charge on any atom is 0.243 e. The van der Waals surface area contributed by atoms with E-state index in [1.54, 1.807) is 24.3 Å². The van der Waals surface area contributed by atoms with E-state index in [0.717, 1.165) is 15.6 Å². The summed E-state index contributed by atoms with van der Waals surface area (Å²) in [4.78, 5) is 12.9. The van der Waals surface area contributed by atoms with Crippen LogP contribution in [0.3, 0.4) is 0 Å². The molecule has 1 aliphatic heterocycles. The second-order valence-electron chi connectivity index (χ2n) is 7.86. The highest BCUT2D eigenvalue weighted by molar-refractivity contribution is 9.10. The molecule has 1 atom stereocenters. The molecule has 1 amide bonds. The molecule has 0 aromatic heterocycles. The maximum atomic E-state index is 13.4. The van der Waals surface area contributed by atoms with Crippen molar-refractivity contribution in [3.05, 3.63) is 64.1 Å². The molecule has 2 aromatic carbocycles. The maximum absolute atomic E-state index is 13.4. The van der Waals surface area contributed by atoms with Crippen LogP contribution in [0.1, 0.15) is 43.9 Å². The van der Waals surface area contributed by atoms with Crippen LogP contribution in [0.25, 0.3) is 0 Å². The summed E-state index contributed by atoms with van der Waals surface area (Å²) in [6.07, 6.45) is 1.58. The van der Waals surface area contributed by atoms with Crippen LogP contribution in [0, 0.1) is 0 Å². The van der Waals surface area contributed by atoms with Crippen LogP contribution < -0.4 is 5.32 Å². The molecule has 1 aliphatic rings. The van der Waals surface area contributed by atoms with Crippen molar-refractivity contribution in [3.8, 4) is 0 Å². The van der Waals surface area contributed by atoms with Gasteiger partial charge < -0.3 is 10.1 Å². The minimum atomic E-state index is -3.74. The number of rotatable bonds is 9. The van der Waals surface area contributed by atoms with Gasteiger partial charge in [-0.2, -0.15) is 4.31 Å². The van der Waals surface area contributed by atoms with Crippen LogP contribution in [-0.2, 0) is 26.0 Å². The lowest BCUT2D eigenvalue weighted by atomic mass is 9.92. The van der Waals surface area contributed by atoms with E-state index in [-0.39, 0.29) is 23.3 Å². The van der Waals surface area contributed by atoms with Crippen molar-refractivity contribution in [1.82, 2.24) is 9.62 Å². The topological polar surface area (TPSA) is 75.7 Å². The number of hydrogen-bond acceptors (Lipinski definition) is 4. The highest BCUT2D eigenvalue weighted by atomic mass is 79.9. The molecule has 0 saturated heterocycles. The summed E-state index contributed by atoms with van der Waals surface area (Å²) in [7, 11) is -3.74. The largest absolute Gasteiger partial charge is 0.379 e. The molecule has 6 nitrogen and oxygen atoms in total. The number of hydrogen-bond donors (Lipinski definition) is 1. The van der Waals surface area contributed by atoms with Gasteiger partial charge in [0.25, 0.3) is 0 Å². The summed E-state index contributed by atoms with van der Waals surface area (Å²) in [5.41, 5.74) is 1.99. The number of amides is 1. The first-order valence-corrected chi connectivity index (χ1v) is 12.8. The van der Waals surface area contributed by atoms with Gasteiger partial charge in [-0.3, -0.25) is 4.79 Å². The number of sulfonamides is 1. The van der Waals surface area contributed by atoms with Gasteiger partial charge in [-0.25, -0.2) is 8.42 Å². The number of carbonyl (C=O) groups is 1. The van der Waals surface area contributed by atoms with Crippen molar-refractivity contribution in [1.29, 1.82) is 0 Å². The SMILES string of the molecule is CC(C)OCCCNC(=O)CC1c2ccccc2CCN1S(=O)(=O)c1ccc(Br)cc1. The number of carbonyl (C=O) groups excluding carboxylic acids is 1. The Balaban J connectivity index is 1.78. The highest BCUT2D eigenvalue weighted by Crippen LogP contribution is 2.36. The molecular formula is C23H29BrN2O4S. The molecule has 0 spiro atoms. The Bertz CT molecular complexity index is 993. The van der Waals surface area contributed by atoms with Gasteiger partial charge in [-0.1, -0.05) is 40.2 Å². The minimum Gasteiger partial charge on any atom is -0.379 e. The van der Waals surface area contributed by atoms with E-state index in [1.165, 1.54) is 4.31 Å². The molecule has 31 heavy (non-hydrogen) atoms. The van der Waals surface area contributed by atoms with E-state index in [1.807, 2.05) is 38.1 Å². The summed E-state index contributed by atoms with van der Waals surface area (Å²) >= 11 is 3.35. The molecule has 1 heterocycles. The third kappa shape index (κ3) is 6.16. The molecule has 168 valence electrons. The fourth-order valence-corrected chi connectivity index (χ4v) is 5.61. The third-order valence-electron chi connectivity index (χ3n) is 5.26. The van der Waals surface area contributed by atoms with Crippen molar-refractivity contribution in [2.24, 2.45) is 0 Å². The predicted octanol–water partition coefficient (Wildman–Crippen LogP) is 4.06. The number of nitrogens with zero attached hydrogens (tertiary/aromatic N) is 1. The van der Waals surface area contributed by atoms with E-state index in [0.29, 0.717) is 32.5 Å². The van der Waals surface area contributed by atoms with Crippen LogP contribution in [0.5, 0.6) is 0 Å². The predicted molar refractivity (Wildman–Crippen MR) is 124 cm³/mol. The number of halogens is 1. The third-order valence-corrected chi connectivity index (χ3v) is 7.71. The Labute approximate surface area is 193 Å². The summed E-state index contributed by atoms with van der Waals surface area (Å²) in [5.74, 6) is -0.165. The summed E-state index contributed by atoms with van der Waals surface area (Å²) in [5, 5.41) is 2.91. The van der Waals surface area contributed by atoms with Crippen LogP contribution in [-0.4, -0.2) is 44.4 Å². The normalized spacial score (nSPS) is 16.8. The quantitative estimate of drug-likeness (QED) is 0.518. The molecule has 0 aliphatic carbocycles. The number of nitrogens with one attached hydrogen (secondary N) is 1. The monoisotopic (exact) mass is 508 g/mol.